The van der Waals surface area contributed by atoms with Gasteiger partial charge in [-0.2, -0.15) is 18.3 Å². The van der Waals surface area contributed by atoms with Crippen LogP contribution in [0.4, 0.5) is 13.2 Å². The minimum absolute atomic E-state index is 0.00423. The summed E-state index contributed by atoms with van der Waals surface area (Å²) in [5.41, 5.74) is 1.22. The van der Waals surface area contributed by atoms with E-state index in [-0.39, 0.29) is 16.4 Å². The highest BCUT2D eigenvalue weighted by molar-refractivity contribution is 6.34. The van der Waals surface area contributed by atoms with Gasteiger partial charge in [0.2, 0.25) is 0 Å². The predicted octanol–water partition coefficient (Wildman–Crippen LogP) is 4.69. The van der Waals surface area contributed by atoms with Crippen LogP contribution in [0.25, 0.3) is 16.9 Å². The lowest BCUT2D eigenvalue weighted by atomic mass is 10.1. The van der Waals surface area contributed by atoms with Crippen molar-refractivity contribution < 1.29 is 13.2 Å². The molecule has 2 aromatic heterocycles. The number of aryl methyl sites for hydroxylation is 2. The fraction of sp³-hybridized carbons (Fsp3) is 0.200. The summed E-state index contributed by atoms with van der Waals surface area (Å²) in [5, 5.41) is 3.95. The van der Waals surface area contributed by atoms with Crippen LogP contribution in [0.1, 0.15) is 17.0 Å². The predicted molar refractivity (Wildman–Crippen MR) is 77.9 cm³/mol. The molecule has 0 aliphatic heterocycles. The van der Waals surface area contributed by atoms with Crippen LogP contribution in [0, 0.1) is 13.8 Å². The van der Waals surface area contributed by atoms with E-state index in [0.717, 1.165) is 16.1 Å². The van der Waals surface area contributed by atoms with Crippen molar-refractivity contribution in [1.29, 1.82) is 0 Å². The minimum Gasteiger partial charge on any atom is -0.227 e. The molecule has 114 valence electrons. The van der Waals surface area contributed by atoms with Crippen LogP contribution in [0.3, 0.4) is 0 Å². The van der Waals surface area contributed by atoms with Crippen LogP contribution in [0.5, 0.6) is 0 Å². The number of fused-ring (bicyclic) bond motifs is 1. The standard InChI is InChI=1S/C15H11ClF3N3/c1-8-3-5-10(6-4-8)11-7-12(15(17,18)19)22-14(20-11)13(16)9(2)21-22/h3-7H,1-2H3. The van der Waals surface area contributed by atoms with Crippen molar-refractivity contribution in [2.75, 3.05) is 0 Å². The molecule has 0 N–H and O–H groups in total. The van der Waals surface area contributed by atoms with Crippen molar-refractivity contribution in [1.82, 2.24) is 14.6 Å². The van der Waals surface area contributed by atoms with E-state index in [1.54, 1.807) is 19.1 Å². The van der Waals surface area contributed by atoms with Crippen LogP contribution >= 0.6 is 11.6 Å². The van der Waals surface area contributed by atoms with Crippen molar-refractivity contribution in [2.24, 2.45) is 0 Å². The lowest BCUT2D eigenvalue weighted by Gasteiger charge is -2.11. The molecule has 7 heteroatoms. The molecule has 0 saturated heterocycles. The lowest BCUT2D eigenvalue weighted by molar-refractivity contribution is -0.142. The SMILES string of the molecule is Cc1ccc(-c2cc(C(F)(F)F)n3nc(C)c(Cl)c3n2)cc1. The normalized spacial score (nSPS) is 12.1. The highest BCUT2D eigenvalue weighted by Crippen LogP contribution is 2.34. The number of nitrogens with zero attached hydrogens (tertiary/aromatic N) is 3. The van der Waals surface area contributed by atoms with Crippen LogP contribution < -0.4 is 0 Å². The first-order valence-corrected chi connectivity index (χ1v) is 6.85. The molecule has 3 aromatic rings. The number of aromatic nitrogens is 3. The number of benzene rings is 1. The summed E-state index contributed by atoms with van der Waals surface area (Å²) < 4.78 is 40.6. The first-order valence-electron chi connectivity index (χ1n) is 6.47. The largest absolute Gasteiger partial charge is 0.433 e. The van der Waals surface area contributed by atoms with Gasteiger partial charge in [-0.15, -0.1) is 0 Å². The maximum absolute atomic E-state index is 13.3. The number of halogens is 4. The van der Waals surface area contributed by atoms with E-state index in [2.05, 4.69) is 10.1 Å². The summed E-state index contributed by atoms with van der Waals surface area (Å²) in [6.45, 7) is 3.45. The van der Waals surface area contributed by atoms with Gasteiger partial charge in [0, 0.05) is 5.56 Å². The Hall–Kier alpha value is -2.08. The lowest BCUT2D eigenvalue weighted by Crippen LogP contribution is -2.13. The molecule has 22 heavy (non-hydrogen) atoms. The van der Waals surface area contributed by atoms with Crippen LogP contribution in [-0.2, 0) is 6.18 Å². The second kappa shape index (κ2) is 4.98. The fourth-order valence-corrected chi connectivity index (χ4v) is 2.33. The van der Waals surface area contributed by atoms with Gasteiger partial charge < -0.3 is 0 Å². The van der Waals surface area contributed by atoms with Crippen molar-refractivity contribution in [3.8, 4) is 11.3 Å². The third-order valence-electron chi connectivity index (χ3n) is 3.33. The van der Waals surface area contributed by atoms with E-state index in [4.69, 9.17) is 11.6 Å². The molecule has 0 aliphatic carbocycles. The molecule has 0 amide bonds. The van der Waals surface area contributed by atoms with Crippen molar-refractivity contribution >= 4 is 17.2 Å². The van der Waals surface area contributed by atoms with E-state index in [0.29, 0.717) is 11.3 Å². The number of hydrogen-bond donors (Lipinski definition) is 0. The molecule has 0 fully saturated rings. The maximum atomic E-state index is 13.3. The van der Waals surface area contributed by atoms with Gasteiger partial charge in [0.1, 0.15) is 5.02 Å². The van der Waals surface area contributed by atoms with Crippen LogP contribution in [0.15, 0.2) is 30.3 Å². The van der Waals surface area contributed by atoms with Crippen LogP contribution in [-0.4, -0.2) is 14.6 Å². The Balaban J connectivity index is 2.33. The molecule has 3 nitrogen and oxygen atoms in total. The molecule has 0 bridgehead atoms. The van der Waals surface area contributed by atoms with Gasteiger partial charge in [-0.1, -0.05) is 41.4 Å². The third kappa shape index (κ3) is 2.43. The van der Waals surface area contributed by atoms with Gasteiger partial charge in [0.05, 0.1) is 11.4 Å². The highest BCUT2D eigenvalue weighted by atomic mass is 35.5. The maximum Gasteiger partial charge on any atom is 0.433 e. The highest BCUT2D eigenvalue weighted by Gasteiger charge is 2.35. The molecular formula is C15H11ClF3N3. The molecule has 1 aromatic carbocycles. The van der Waals surface area contributed by atoms with Crippen molar-refractivity contribution in [2.45, 2.75) is 20.0 Å². The quantitative estimate of drug-likeness (QED) is 0.650. The van der Waals surface area contributed by atoms with E-state index < -0.39 is 11.9 Å². The third-order valence-corrected chi connectivity index (χ3v) is 3.77. The minimum atomic E-state index is -4.55. The van der Waals surface area contributed by atoms with Gasteiger partial charge in [0.25, 0.3) is 0 Å². The number of alkyl halides is 3. The van der Waals surface area contributed by atoms with Gasteiger partial charge in [-0.25, -0.2) is 9.50 Å². The second-order valence-electron chi connectivity index (χ2n) is 5.03. The Morgan fingerprint density at radius 1 is 1.09 bits per heavy atom. The summed E-state index contributed by atoms with van der Waals surface area (Å²) in [7, 11) is 0. The summed E-state index contributed by atoms with van der Waals surface area (Å²) in [6.07, 6.45) is -4.55. The molecule has 0 saturated carbocycles. The Bertz CT molecular complexity index is 851. The molecule has 0 atom stereocenters. The summed E-state index contributed by atoms with van der Waals surface area (Å²) in [6, 6.07) is 8.08. The Labute approximate surface area is 129 Å². The van der Waals surface area contributed by atoms with Gasteiger partial charge in [0.15, 0.2) is 11.3 Å². The topological polar surface area (TPSA) is 30.2 Å². The molecule has 0 unspecified atom stereocenters. The van der Waals surface area contributed by atoms with Crippen LogP contribution in [0.2, 0.25) is 5.02 Å². The Morgan fingerprint density at radius 3 is 2.32 bits per heavy atom. The number of rotatable bonds is 1. The first-order chi connectivity index (χ1) is 10.3. The Kier molecular flexibility index (Phi) is 3.36. The average molecular weight is 326 g/mol. The zero-order valence-electron chi connectivity index (χ0n) is 11.7. The summed E-state index contributed by atoms with van der Waals surface area (Å²) in [5.74, 6) is 0. The molecular weight excluding hydrogens is 315 g/mol. The molecule has 3 rings (SSSR count). The first kappa shape index (κ1) is 14.8. The van der Waals surface area contributed by atoms with E-state index in [1.165, 1.54) is 0 Å². The van der Waals surface area contributed by atoms with Crippen molar-refractivity contribution in [3.05, 3.63) is 52.3 Å². The number of hydrogen-bond acceptors (Lipinski definition) is 2. The zero-order chi connectivity index (χ0) is 16.1. The van der Waals surface area contributed by atoms with Gasteiger partial charge >= 0.3 is 6.18 Å². The molecule has 0 aliphatic rings. The molecule has 2 heterocycles. The van der Waals surface area contributed by atoms with Gasteiger partial charge in [-0.05, 0) is 19.9 Å². The van der Waals surface area contributed by atoms with E-state index in [1.807, 2.05) is 19.1 Å². The zero-order valence-corrected chi connectivity index (χ0v) is 12.5. The smallest absolute Gasteiger partial charge is 0.227 e. The monoisotopic (exact) mass is 325 g/mol. The fourth-order valence-electron chi connectivity index (χ4n) is 2.17. The Morgan fingerprint density at radius 2 is 1.73 bits per heavy atom. The second-order valence-corrected chi connectivity index (χ2v) is 5.40. The summed E-state index contributed by atoms with van der Waals surface area (Å²) in [4.78, 5) is 4.24. The average Bonchev–Trinajstić information content (AvgIpc) is 2.73. The van der Waals surface area contributed by atoms with Crippen molar-refractivity contribution in [3.63, 3.8) is 0 Å². The van der Waals surface area contributed by atoms with E-state index >= 15 is 0 Å². The van der Waals surface area contributed by atoms with E-state index in [9.17, 15) is 13.2 Å². The molecule has 0 spiro atoms. The molecule has 0 radical (unpaired) electrons. The summed E-state index contributed by atoms with van der Waals surface area (Å²) >= 11 is 6.04. The van der Waals surface area contributed by atoms with Gasteiger partial charge in [-0.3, -0.25) is 0 Å².